The van der Waals surface area contributed by atoms with Crippen LogP contribution in [0.5, 0.6) is 0 Å². The van der Waals surface area contributed by atoms with Gasteiger partial charge in [0.2, 0.25) is 0 Å². The van der Waals surface area contributed by atoms with Crippen LogP contribution in [0.25, 0.3) is 10.4 Å². The van der Waals surface area contributed by atoms with Crippen molar-refractivity contribution in [3.05, 3.63) is 35.5 Å². The van der Waals surface area contributed by atoms with Crippen molar-refractivity contribution >= 4 is 16.5 Å². The van der Waals surface area contributed by atoms with Gasteiger partial charge >= 0.3 is 0 Å². The maximum atomic E-state index is 5.72. The van der Waals surface area contributed by atoms with E-state index in [0.29, 0.717) is 11.0 Å². The highest BCUT2D eigenvalue weighted by molar-refractivity contribution is 7.18. The molecule has 0 unspecified atom stereocenters. The zero-order valence-electron chi connectivity index (χ0n) is 10.5. The van der Waals surface area contributed by atoms with Crippen molar-refractivity contribution in [3.8, 4) is 10.4 Å². The van der Waals surface area contributed by atoms with E-state index >= 15 is 0 Å². The fraction of sp³-hybridized carbons (Fsp3) is 0.357. The molecule has 2 nitrogen and oxygen atoms in total. The standard InChI is InChI=1S/C14H18N2S/c1-9(2)8-11-4-6-12(7-5-11)13-10(3)16-14(15)17-13/h4-7,9H,8H2,1-3H3,(H2,15,16). The minimum Gasteiger partial charge on any atom is -0.375 e. The molecule has 17 heavy (non-hydrogen) atoms. The van der Waals surface area contributed by atoms with Gasteiger partial charge < -0.3 is 5.73 Å². The lowest BCUT2D eigenvalue weighted by Gasteiger charge is -2.05. The van der Waals surface area contributed by atoms with Crippen LogP contribution >= 0.6 is 11.3 Å². The molecule has 2 N–H and O–H groups in total. The van der Waals surface area contributed by atoms with E-state index < -0.39 is 0 Å². The fourth-order valence-electron chi connectivity index (χ4n) is 1.95. The van der Waals surface area contributed by atoms with E-state index in [2.05, 4.69) is 43.1 Å². The molecular weight excluding hydrogens is 228 g/mol. The lowest BCUT2D eigenvalue weighted by molar-refractivity contribution is 0.647. The largest absolute Gasteiger partial charge is 0.375 e. The summed E-state index contributed by atoms with van der Waals surface area (Å²) < 4.78 is 0. The molecule has 0 saturated carbocycles. The molecular formula is C14H18N2S. The third-order valence-electron chi connectivity index (χ3n) is 2.67. The smallest absolute Gasteiger partial charge is 0.180 e. The molecule has 0 spiro atoms. The first kappa shape index (κ1) is 12.1. The van der Waals surface area contributed by atoms with Crippen molar-refractivity contribution in [2.45, 2.75) is 27.2 Å². The number of hydrogen-bond donors (Lipinski definition) is 1. The molecule has 1 aromatic heterocycles. The van der Waals surface area contributed by atoms with Crippen molar-refractivity contribution in [1.29, 1.82) is 0 Å². The highest BCUT2D eigenvalue weighted by Gasteiger charge is 2.07. The highest BCUT2D eigenvalue weighted by atomic mass is 32.1. The normalized spacial score (nSPS) is 11.1. The summed E-state index contributed by atoms with van der Waals surface area (Å²) in [7, 11) is 0. The minimum absolute atomic E-state index is 0.642. The molecule has 0 amide bonds. The van der Waals surface area contributed by atoms with E-state index in [1.807, 2.05) is 6.92 Å². The Balaban J connectivity index is 2.26. The van der Waals surface area contributed by atoms with Crippen LogP contribution in [0, 0.1) is 12.8 Å². The average molecular weight is 246 g/mol. The van der Waals surface area contributed by atoms with Crippen molar-refractivity contribution in [1.82, 2.24) is 4.98 Å². The highest BCUT2D eigenvalue weighted by Crippen LogP contribution is 2.31. The molecule has 2 aromatic rings. The number of hydrogen-bond acceptors (Lipinski definition) is 3. The minimum atomic E-state index is 0.642. The van der Waals surface area contributed by atoms with Crippen LogP contribution in [-0.4, -0.2) is 4.98 Å². The molecule has 0 aliphatic rings. The molecule has 0 atom stereocenters. The molecule has 0 fully saturated rings. The summed E-state index contributed by atoms with van der Waals surface area (Å²) in [6.07, 6.45) is 1.13. The molecule has 3 heteroatoms. The number of rotatable bonds is 3. The Morgan fingerprint density at radius 1 is 1.24 bits per heavy atom. The molecule has 1 heterocycles. The van der Waals surface area contributed by atoms with Gasteiger partial charge in [0.15, 0.2) is 5.13 Å². The van der Waals surface area contributed by atoms with E-state index in [0.717, 1.165) is 12.1 Å². The van der Waals surface area contributed by atoms with E-state index in [4.69, 9.17) is 5.73 Å². The number of nitrogens with two attached hydrogens (primary N) is 1. The Hall–Kier alpha value is -1.35. The molecule has 1 aromatic carbocycles. The van der Waals surface area contributed by atoms with Crippen molar-refractivity contribution in [2.24, 2.45) is 5.92 Å². The first-order valence-corrected chi connectivity index (χ1v) is 6.70. The number of aromatic nitrogens is 1. The third-order valence-corrected chi connectivity index (χ3v) is 3.71. The predicted molar refractivity (Wildman–Crippen MR) is 75.2 cm³/mol. The molecule has 0 radical (unpaired) electrons. The molecule has 0 bridgehead atoms. The van der Waals surface area contributed by atoms with Gasteiger partial charge in [-0.2, -0.15) is 0 Å². The number of benzene rings is 1. The molecule has 2 rings (SSSR count). The second-order valence-electron chi connectivity index (χ2n) is 4.76. The van der Waals surface area contributed by atoms with Crippen LogP contribution in [0.2, 0.25) is 0 Å². The van der Waals surface area contributed by atoms with Gasteiger partial charge in [-0.1, -0.05) is 49.4 Å². The van der Waals surface area contributed by atoms with Crippen LogP contribution in [0.1, 0.15) is 25.1 Å². The Morgan fingerprint density at radius 3 is 2.35 bits per heavy atom. The fourth-order valence-corrected chi connectivity index (χ4v) is 2.79. The Morgan fingerprint density at radius 2 is 1.88 bits per heavy atom. The SMILES string of the molecule is Cc1nc(N)sc1-c1ccc(CC(C)C)cc1. The number of aryl methyl sites for hydroxylation is 1. The van der Waals surface area contributed by atoms with Crippen LogP contribution in [0.3, 0.4) is 0 Å². The average Bonchev–Trinajstić information content (AvgIpc) is 2.58. The Labute approximate surface area is 107 Å². The van der Waals surface area contributed by atoms with E-state index in [1.54, 1.807) is 11.3 Å². The molecule has 0 aliphatic carbocycles. The summed E-state index contributed by atoms with van der Waals surface area (Å²) >= 11 is 1.55. The Bertz CT molecular complexity index is 497. The molecule has 90 valence electrons. The first-order chi connectivity index (χ1) is 8.06. The van der Waals surface area contributed by atoms with Crippen LogP contribution in [-0.2, 0) is 6.42 Å². The predicted octanol–water partition coefficient (Wildman–Crippen LogP) is 3.90. The second kappa shape index (κ2) is 4.88. The second-order valence-corrected chi connectivity index (χ2v) is 5.79. The number of nitrogen functional groups attached to an aromatic ring is 1. The van der Waals surface area contributed by atoms with Gasteiger partial charge in [0, 0.05) is 0 Å². The lowest BCUT2D eigenvalue weighted by Crippen LogP contribution is -1.93. The van der Waals surface area contributed by atoms with Gasteiger partial charge in [0.25, 0.3) is 0 Å². The number of anilines is 1. The summed E-state index contributed by atoms with van der Waals surface area (Å²) in [5.41, 5.74) is 9.34. The zero-order chi connectivity index (χ0) is 12.4. The van der Waals surface area contributed by atoms with E-state index in [-0.39, 0.29) is 0 Å². The van der Waals surface area contributed by atoms with Crippen molar-refractivity contribution in [3.63, 3.8) is 0 Å². The van der Waals surface area contributed by atoms with Crippen molar-refractivity contribution < 1.29 is 0 Å². The van der Waals surface area contributed by atoms with Gasteiger partial charge in [0.1, 0.15) is 0 Å². The number of nitrogens with zero attached hydrogens (tertiary/aromatic N) is 1. The quantitative estimate of drug-likeness (QED) is 0.892. The number of thiazole rings is 1. The van der Waals surface area contributed by atoms with Crippen LogP contribution < -0.4 is 5.73 Å². The van der Waals surface area contributed by atoms with Gasteiger partial charge in [-0.25, -0.2) is 4.98 Å². The summed E-state index contributed by atoms with van der Waals surface area (Å²) in [5, 5.41) is 0.642. The van der Waals surface area contributed by atoms with Gasteiger partial charge in [-0.15, -0.1) is 0 Å². The molecule has 0 aliphatic heterocycles. The van der Waals surface area contributed by atoms with E-state index in [1.165, 1.54) is 16.0 Å². The zero-order valence-corrected chi connectivity index (χ0v) is 11.3. The topological polar surface area (TPSA) is 38.9 Å². The third kappa shape index (κ3) is 2.86. The molecule has 0 saturated heterocycles. The summed E-state index contributed by atoms with van der Waals surface area (Å²) in [6, 6.07) is 8.73. The van der Waals surface area contributed by atoms with E-state index in [9.17, 15) is 0 Å². The van der Waals surface area contributed by atoms with Gasteiger partial charge in [-0.05, 0) is 30.4 Å². The monoisotopic (exact) mass is 246 g/mol. The van der Waals surface area contributed by atoms with Crippen molar-refractivity contribution in [2.75, 3.05) is 5.73 Å². The van der Waals surface area contributed by atoms with Crippen LogP contribution in [0.4, 0.5) is 5.13 Å². The van der Waals surface area contributed by atoms with Crippen LogP contribution in [0.15, 0.2) is 24.3 Å². The maximum Gasteiger partial charge on any atom is 0.180 e. The maximum absolute atomic E-state index is 5.72. The Kier molecular flexibility index (Phi) is 3.48. The lowest BCUT2D eigenvalue weighted by atomic mass is 10.0. The summed E-state index contributed by atoms with van der Waals surface area (Å²) in [5.74, 6) is 0.696. The summed E-state index contributed by atoms with van der Waals surface area (Å²) in [4.78, 5) is 5.43. The van der Waals surface area contributed by atoms with Gasteiger partial charge in [0.05, 0.1) is 10.6 Å². The van der Waals surface area contributed by atoms with Gasteiger partial charge in [-0.3, -0.25) is 0 Å². The first-order valence-electron chi connectivity index (χ1n) is 5.88. The summed E-state index contributed by atoms with van der Waals surface area (Å²) in [6.45, 7) is 6.48.